The summed E-state index contributed by atoms with van der Waals surface area (Å²) in [4.78, 5) is 47.7. The van der Waals surface area contributed by atoms with E-state index in [-0.39, 0.29) is 30.9 Å². The molecule has 2 unspecified atom stereocenters. The molecule has 2 atom stereocenters. The number of carbonyl (C=O) groups excluding carboxylic acids is 3. The molecule has 0 aromatic heterocycles. The molecule has 0 saturated heterocycles. The summed E-state index contributed by atoms with van der Waals surface area (Å²) in [6.45, 7) is 3.35. The first-order valence-electron chi connectivity index (χ1n) is 24.8. The van der Waals surface area contributed by atoms with Crippen molar-refractivity contribution in [2.45, 2.75) is 225 Å². The third-order valence-corrected chi connectivity index (χ3v) is 10.7. The van der Waals surface area contributed by atoms with E-state index in [1.807, 2.05) is 0 Å². The SMILES string of the molecule is CC/C=C\C/C=C\C/C=C\C/C=C\CCC(CCCCCCCC(=O)NCC(=O)NC(CO)C(=O)O)OC(=O)CCCCCCCCCCC/C=C\C/C=C\CCCCCCC. The summed E-state index contributed by atoms with van der Waals surface area (Å²) >= 11 is 0. The molecule has 0 aliphatic heterocycles. The number of unbranched alkanes of at least 4 members (excludes halogenated alkanes) is 18. The molecule has 354 valence electrons. The lowest BCUT2D eigenvalue weighted by Crippen LogP contribution is -2.47. The van der Waals surface area contributed by atoms with E-state index >= 15 is 0 Å². The van der Waals surface area contributed by atoms with Gasteiger partial charge in [0.05, 0.1) is 13.2 Å². The van der Waals surface area contributed by atoms with Crippen LogP contribution in [0.25, 0.3) is 0 Å². The van der Waals surface area contributed by atoms with Gasteiger partial charge in [0.2, 0.25) is 11.8 Å². The van der Waals surface area contributed by atoms with Crippen molar-refractivity contribution in [3.05, 3.63) is 72.9 Å². The molecule has 0 aliphatic carbocycles. The normalized spacial score (nSPS) is 13.1. The van der Waals surface area contributed by atoms with Gasteiger partial charge in [0.1, 0.15) is 12.1 Å². The largest absolute Gasteiger partial charge is 0.480 e. The summed E-state index contributed by atoms with van der Waals surface area (Å²) in [5.74, 6) is -2.36. The highest BCUT2D eigenvalue weighted by atomic mass is 16.5. The zero-order valence-corrected chi connectivity index (χ0v) is 39.4. The molecular formula is C53H90N2O7. The molecule has 0 spiro atoms. The van der Waals surface area contributed by atoms with Crippen LogP contribution in [0.4, 0.5) is 0 Å². The van der Waals surface area contributed by atoms with E-state index in [9.17, 15) is 19.2 Å². The van der Waals surface area contributed by atoms with Gasteiger partial charge in [-0.05, 0) is 96.3 Å². The maximum Gasteiger partial charge on any atom is 0.328 e. The van der Waals surface area contributed by atoms with Crippen LogP contribution >= 0.6 is 0 Å². The predicted octanol–water partition coefficient (Wildman–Crippen LogP) is 13.0. The summed E-state index contributed by atoms with van der Waals surface area (Å²) in [5.41, 5.74) is 0. The van der Waals surface area contributed by atoms with Crippen molar-refractivity contribution in [1.29, 1.82) is 0 Å². The molecule has 0 heterocycles. The number of carbonyl (C=O) groups is 4. The van der Waals surface area contributed by atoms with Crippen LogP contribution in [0.1, 0.15) is 213 Å². The van der Waals surface area contributed by atoms with Crippen LogP contribution in [0.15, 0.2) is 72.9 Å². The van der Waals surface area contributed by atoms with Crippen molar-refractivity contribution in [3.8, 4) is 0 Å². The van der Waals surface area contributed by atoms with Crippen molar-refractivity contribution in [3.63, 3.8) is 0 Å². The first kappa shape index (κ1) is 58.3. The minimum absolute atomic E-state index is 0.0856. The first-order valence-corrected chi connectivity index (χ1v) is 24.8. The third kappa shape index (κ3) is 42.9. The minimum atomic E-state index is -1.39. The molecule has 2 amide bonds. The molecule has 0 aromatic carbocycles. The van der Waals surface area contributed by atoms with Crippen LogP contribution < -0.4 is 10.6 Å². The van der Waals surface area contributed by atoms with Crippen LogP contribution in [0.2, 0.25) is 0 Å². The van der Waals surface area contributed by atoms with Gasteiger partial charge >= 0.3 is 11.9 Å². The molecule has 0 fully saturated rings. The molecule has 9 nitrogen and oxygen atoms in total. The van der Waals surface area contributed by atoms with Gasteiger partial charge in [-0.3, -0.25) is 14.4 Å². The Morgan fingerprint density at radius 2 is 0.952 bits per heavy atom. The van der Waals surface area contributed by atoms with Gasteiger partial charge in [0, 0.05) is 12.8 Å². The summed E-state index contributed by atoms with van der Waals surface area (Å²) < 4.78 is 6.01. The Bertz CT molecular complexity index is 1270. The topological polar surface area (TPSA) is 142 Å². The van der Waals surface area contributed by atoms with Crippen molar-refractivity contribution in [1.82, 2.24) is 10.6 Å². The zero-order valence-electron chi connectivity index (χ0n) is 39.4. The molecule has 0 rings (SSSR count). The number of aliphatic hydroxyl groups excluding tert-OH is 1. The monoisotopic (exact) mass is 867 g/mol. The fourth-order valence-electron chi connectivity index (χ4n) is 6.91. The number of carboxylic acids is 1. The number of carboxylic acid groups (broad SMARTS) is 1. The summed E-state index contributed by atoms with van der Waals surface area (Å²) in [5, 5.41) is 22.6. The number of allylic oxidation sites excluding steroid dienone is 12. The number of nitrogens with one attached hydrogen (secondary N) is 2. The minimum Gasteiger partial charge on any atom is -0.480 e. The number of hydrogen-bond donors (Lipinski definition) is 4. The molecule has 9 heteroatoms. The number of esters is 1. The van der Waals surface area contributed by atoms with Crippen molar-refractivity contribution < 1.29 is 34.1 Å². The third-order valence-electron chi connectivity index (χ3n) is 10.7. The standard InChI is InChI=1S/C53H90N2O7/c1-3-5-7-9-11-13-15-17-18-19-20-21-22-23-24-26-28-30-32-37-41-45-52(59)62-48(42-38-34-31-29-27-25-16-14-12-10-8-6-4-2)43-39-35-33-36-40-44-50(57)54-46-51(58)55-49(47-56)53(60)61/h6,8,12,14-15,17,19-20,25,27,31,34,48-49,56H,3-5,7,9-11,13,16,18,21-24,26,28-30,32-33,35-47H2,1-2H3,(H,54,57)(H,55,58)(H,60,61)/b8-6-,14-12-,17-15-,20-19-,27-25-,34-31-. The van der Waals surface area contributed by atoms with Crippen molar-refractivity contribution in [2.24, 2.45) is 0 Å². The summed E-state index contributed by atoms with van der Waals surface area (Å²) in [6, 6.07) is -1.39. The Balaban J connectivity index is 4.35. The van der Waals surface area contributed by atoms with Crippen LogP contribution in [0.3, 0.4) is 0 Å². The highest BCUT2D eigenvalue weighted by Gasteiger charge is 2.19. The van der Waals surface area contributed by atoms with Crippen molar-refractivity contribution >= 4 is 23.8 Å². The average Bonchev–Trinajstić information content (AvgIpc) is 3.26. The number of hydrogen-bond acceptors (Lipinski definition) is 6. The number of ether oxygens (including phenoxy) is 1. The Labute approximate surface area is 378 Å². The number of rotatable bonds is 44. The van der Waals surface area contributed by atoms with Gasteiger partial charge in [-0.15, -0.1) is 0 Å². The van der Waals surface area contributed by atoms with Gasteiger partial charge in [0.25, 0.3) is 0 Å². The molecule has 0 radical (unpaired) electrons. The van der Waals surface area contributed by atoms with E-state index in [4.69, 9.17) is 14.9 Å². The Hall–Kier alpha value is -3.72. The van der Waals surface area contributed by atoms with Gasteiger partial charge in [-0.2, -0.15) is 0 Å². The molecular weight excluding hydrogens is 777 g/mol. The van der Waals surface area contributed by atoms with E-state index in [1.165, 1.54) is 89.9 Å². The lowest BCUT2D eigenvalue weighted by Gasteiger charge is -2.17. The fourth-order valence-corrected chi connectivity index (χ4v) is 6.91. The van der Waals surface area contributed by atoms with E-state index < -0.39 is 24.5 Å². The lowest BCUT2D eigenvalue weighted by atomic mass is 10.0. The van der Waals surface area contributed by atoms with Gasteiger partial charge in [0.15, 0.2) is 0 Å². The van der Waals surface area contributed by atoms with Gasteiger partial charge < -0.3 is 25.6 Å². The first-order chi connectivity index (χ1) is 30.3. The molecule has 0 saturated carbocycles. The van der Waals surface area contributed by atoms with E-state index in [2.05, 4.69) is 97.4 Å². The number of amides is 2. The Morgan fingerprint density at radius 1 is 0.500 bits per heavy atom. The number of aliphatic hydroxyl groups is 1. The zero-order chi connectivity index (χ0) is 45.4. The summed E-state index contributed by atoms with van der Waals surface area (Å²) in [6.07, 6.45) is 59.4. The fraction of sp³-hybridized carbons (Fsp3) is 0.698. The van der Waals surface area contributed by atoms with Crippen molar-refractivity contribution in [2.75, 3.05) is 13.2 Å². The second kappa shape index (κ2) is 46.8. The Morgan fingerprint density at radius 3 is 1.47 bits per heavy atom. The second-order valence-corrected chi connectivity index (χ2v) is 16.5. The smallest absolute Gasteiger partial charge is 0.328 e. The maximum atomic E-state index is 12.9. The predicted molar refractivity (Wildman–Crippen MR) is 259 cm³/mol. The highest BCUT2D eigenvalue weighted by molar-refractivity contribution is 5.87. The Kier molecular flexibility index (Phi) is 44.0. The van der Waals surface area contributed by atoms with E-state index in [0.29, 0.717) is 12.8 Å². The van der Waals surface area contributed by atoms with Gasteiger partial charge in [-0.1, -0.05) is 177 Å². The maximum absolute atomic E-state index is 12.9. The van der Waals surface area contributed by atoms with Crippen LogP contribution in [0.5, 0.6) is 0 Å². The lowest BCUT2D eigenvalue weighted by molar-refractivity contribution is -0.150. The second-order valence-electron chi connectivity index (χ2n) is 16.5. The molecule has 0 aromatic rings. The molecule has 4 N–H and O–H groups in total. The highest BCUT2D eigenvalue weighted by Crippen LogP contribution is 2.17. The van der Waals surface area contributed by atoms with Gasteiger partial charge in [-0.25, -0.2) is 4.79 Å². The van der Waals surface area contributed by atoms with E-state index in [0.717, 1.165) is 89.9 Å². The molecule has 0 aliphatic rings. The van der Waals surface area contributed by atoms with Crippen LogP contribution in [-0.4, -0.2) is 59.3 Å². The molecule has 62 heavy (non-hydrogen) atoms. The van der Waals surface area contributed by atoms with Crippen LogP contribution in [-0.2, 0) is 23.9 Å². The number of aliphatic carboxylic acids is 1. The average molecular weight is 867 g/mol. The molecule has 0 bridgehead atoms. The quantitative estimate of drug-likeness (QED) is 0.0271. The van der Waals surface area contributed by atoms with Crippen LogP contribution in [0, 0.1) is 0 Å². The summed E-state index contributed by atoms with van der Waals surface area (Å²) in [7, 11) is 0. The van der Waals surface area contributed by atoms with E-state index in [1.54, 1.807) is 0 Å².